The van der Waals surface area contributed by atoms with Gasteiger partial charge in [-0.1, -0.05) is 13.8 Å². The van der Waals surface area contributed by atoms with E-state index < -0.39 is 6.04 Å². The highest BCUT2D eigenvalue weighted by molar-refractivity contribution is 7.08. The smallest absolute Gasteiger partial charge is 0.325 e. The maximum atomic E-state index is 11.9. The fourth-order valence-corrected chi connectivity index (χ4v) is 2.20. The minimum atomic E-state index is -0.391. The van der Waals surface area contributed by atoms with Crippen molar-refractivity contribution < 1.29 is 9.59 Å². The highest BCUT2D eigenvalue weighted by Gasteiger charge is 2.40. The number of rotatable bonds is 2. The topological polar surface area (TPSA) is 49.4 Å². The number of carbonyl (C=O) groups is 2. The number of amides is 3. The molecule has 1 aliphatic heterocycles. The van der Waals surface area contributed by atoms with Gasteiger partial charge in [-0.15, -0.1) is 0 Å². The largest absolute Gasteiger partial charge is 0.329 e. The van der Waals surface area contributed by atoms with Crippen molar-refractivity contribution in [2.75, 3.05) is 4.90 Å². The molecular formula is C10H12N2O2S. The molecule has 1 fully saturated rings. The Morgan fingerprint density at radius 3 is 2.67 bits per heavy atom. The fourth-order valence-electron chi connectivity index (χ4n) is 1.58. The van der Waals surface area contributed by atoms with Gasteiger partial charge >= 0.3 is 6.03 Å². The summed E-state index contributed by atoms with van der Waals surface area (Å²) in [5.41, 5.74) is 0.658. The summed E-state index contributed by atoms with van der Waals surface area (Å²) in [5, 5.41) is 6.32. The van der Waals surface area contributed by atoms with Gasteiger partial charge in [0.1, 0.15) is 6.04 Å². The first-order valence-corrected chi connectivity index (χ1v) is 5.72. The highest BCUT2D eigenvalue weighted by Crippen LogP contribution is 2.24. The van der Waals surface area contributed by atoms with Gasteiger partial charge in [-0.3, -0.25) is 4.79 Å². The summed E-state index contributed by atoms with van der Waals surface area (Å²) in [5.74, 6) is -0.0431. The molecule has 0 aliphatic carbocycles. The second kappa shape index (κ2) is 3.66. The van der Waals surface area contributed by atoms with Gasteiger partial charge in [0.05, 0.1) is 5.69 Å². The van der Waals surface area contributed by atoms with Crippen LogP contribution in [0.5, 0.6) is 0 Å². The number of hydrogen-bond donors (Lipinski definition) is 1. The van der Waals surface area contributed by atoms with E-state index in [0.29, 0.717) is 5.69 Å². The zero-order valence-electron chi connectivity index (χ0n) is 8.56. The second-order valence-electron chi connectivity index (χ2n) is 3.83. The average molecular weight is 224 g/mol. The van der Waals surface area contributed by atoms with E-state index in [1.165, 1.54) is 16.2 Å². The summed E-state index contributed by atoms with van der Waals surface area (Å²) in [6.45, 7) is 3.83. The maximum Gasteiger partial charge on any atom is 0.329 e. The van der Waals surface area contributed by atoms with E-state index in [-0.39, 0.29) is 17.9 Å². The molecule has 0 aromatic carbocycles. The number of thiophene rings is 1. The van der Waals surface area contributed by atoms with Gasteiger partial charge in [0.2, 0.25) is 0 Å². The molecule has 1 atom stereocenters. The van der Waals surface area contributed by atoms with Crippen molar-refractivity contribution >= 4 is 29.0 Å². The Morgan fingerprint density at radius 2 is 2.20 bits per heavy atom. The predicted octanol–water partition coefficient (Wildman–Crippen LogP) is 1.83. The summed E-state index contributed by atoms with van der Waals surface area (Å²) >= 11 is 1.47. The maximum absolute atomic E-state index is 11.9. The molecular weight excluding hydrogens is 212 g/mol. The van der Waals surface area contributed by atoms with E-state index in [1.54, 1.807) is 11.4 Å². The van der Waals surface area contributed by atoms with Crippen molar-refractivity contribution in [1.29, 1.82) is 0 Å². The number of imide groups is 1. The third-order valence-electron chi connectivity index (χ3n) is 2.40. The number of carbonyl (C=O) groups excluding carboxylic acids is 2. The molecule has 0 unspecified atom stereocenters. The number of nitrogens with one attached hydrogen (secondary N) is 1. The van der Waals surface area contributed by atoms with E-state index in [4.69, 9.17) is 0 Å². The molecule has 0 bridgehead atoms. The first-order valence-electron chi connectivity index (χ1n) is 4.78. The van der Waals surface area contributed by atoms with Crippen LogP contribution >= 0.6 is 11.3 Å². The van der Waals surface area contributed by atoms with Crippen LogP contribution in [0.15, 0.2) is 16.8 Å². The fraction of sp³-hybridized carbons (Fsp3) is 0.400. The lowest BCUT2D eigenvalue weighted by molar-refractivity contribution is -0.119. The molecule has 1 aliphatic rings. The lowest BCUT2D eigenvalue weighted by Gasteiger charge is -2.12. The number of nitrogens with zero attached hydrogens (tertiary/aromatic N) is 1. The summed E-state index contributed by atoms with van der Waals surface area (Å²) in [4.78, 5) is 24.7. The third kappa shape index (κ3) is 1.63. The highest BCUT2D eigenvalue weighted by atomic mass is 32.1. The molecule has 2 rings (SSSR count). The second-order valence-corrected chi connectivity index (χ2v) is 4.61. The van der Waals surface area contributed by atoms with Gasteiger partial charge in [-0.05, 0) is 17.4 Å². The molecule has 1 aromatic heterocycles. The Labute approximate surface area is 91.9 Å². The van der Waals surface area contributed by atoms with Gasteiger partial charge in [-0.2, -0.15) is 11.3 Å². The van der Waals surface area contributed by atoms with Crippen LogP contribution in [0.2, 0.25) is 0 Å². The predicted molar refractivity (Wildman–Crippen MR) is 59.0 cm³/mol. The molecule has 15 heavy (non-hydrogen) atoms. The molecule has 0 saturated carbocycles. The number of anilines is 1. The normalized spacial score (nSPS) is 21.3. The first kappa shape index (κ1) is 10.2. The van der Waals surface area contributed by atoms with Gasteiger partial charge in [0.15, 0.2) is 0 Å². The van der Waals surface area contributed by atoms with E-state index >= 15 is 0 Å². The summed E-state index contributed by atoms with van der Waals surface area (Å²) in [6, 6.07) is 1.06. The van der Waals surface area contributed by atoms with Crippen LogP contribution in [0.1, 0.15) is 13.8 Å². The molecule has 1 aromatic rings. The molecule has 4 nitrogen and oxygen atoms in total. The number of hydrogen-bond acceptors (Lipinski definition) is 3. The average Bonchev–Trinajstić information content (AvgIpc) is 2.73. The Kier molecular flexibility index (Phi) is 2.48. The Bertz CT molecular complexity index is 386. The van der Waals surface area contributed by atoms with E-state index in [2.05, 4.69) is 5.32 Å². The van der Waals surface area contributed by atoms with Crippen LogP contribution in [0.3, 0.4) is 0 Å². The van der Waals surface area contributed by atoms with Crippen molar-refractivity contribution in [2.45, 2.75) is 19.9 Å². The monoisotopic (exact) mass is 224 g/mol. The van der Waals surface area contributed by atoms with Gasteiger partial charge in [0, 0.05) is 5.38 Å². The van der Waals surface area contributed by atoms with Crippen LogP contribution in [0.25, 0.3) is 0 Å². The van der Waals surface area contributed by atoms with Crippen molar-refractivity contribution in [3.63, 3.8) is 0 Å². The van der Waals surface area contributed by atoms with Crippen LogP contribution in [-0.4, -0.2) is 18.0 Å². The van der Waals surface area contributed by atoms with Crippen molar-refractivity contribution in [3.8, 4) is 0 Å². The summed E-state index contributed by atoms with van der Waals surface area (Å²) in [6.07, 6.45) is 0. The Balaban J connectivity index is 2.28. The van der Waals surface area contributed by atoms with E-state index in [0.717, 1.165) is 0 Å². The lowest BCUT2D eigenvalue weighted by atomic mass is 10.1. The molecule has 0 radical (unpaired) electrons. The molecule has 3 amide bonds. The summed E-state index contributed by atoms with van der Waals surface area (Å²) in [7, 11) is 0. The zero-order valence-corrected chi connectivity index (χ0v) is 9.38. The Hall–Kier alpha value is -1.36. The SMILES string of the molecule is CC(C)[C@@H]1NC(=O)N(c2ccsc2)C1=O. The van der Waals surface area contributed by atoms with Gasteiger partial charge in [-0.25, -0.2) is 9.69 Å². The van der Waals surface area contributed by atoms with Crippen molar-refractivity contribution in [3.05, 3.63) is 16.8 Å². The summed E-state index contributed by atoms with van der Waals surface area (Å²) < 4.78 is 0. The minimum absolute atomic E-state index is 0.116. The van der Waals surface area contributed by atoms with Crippen LogP contribution in [0.4, 0.5) is 10.5 Å². The third-order valence-corrected chi connectivity index (χ3v) is 3.07. The van der Waals surface area contributed by atoms with E-state index in [1.807, 2.05) is 19.2 Å². The van der Waals surface area contributed by atoms with Crippen LogP contribution < -0.4 is 10.2 Å². The molecule has 5 heteroatoms. The molecule has 0 spiro atoms. The van der Waals surface area contributed by atoms with Crippen LogP contribution in [0, 0.1) is 5.92 Å². The van der Waals surface area contributed by atoms with Crippen molar-refractivity contribution in [2.24, 2.45) is 5.92 Å². The lowest BCUT2D eigenvalue weighted by Crippen LogP contribution is -2.34. The first-order chi connectivity index (χ1) is 7.11. The van der Waals surface area contributed by atoms with Gasteiger partial charge < -0.3 is 5.32 Å². The van der Waals surface area contributed by atoms with Crippen LogP contribution in [-0.2, 0) is 4.79 Å². The molecule has 1 N–H and O–H groups in total. The molecule has 2 heterocycles. The van der Waals surface area contributed by atoms with Crippen molar-refractivity contribution in [1.82, 2.24) is 5.32 Å². The molecule has 1 saturated heterocycles. The minimum Gasteiger partial charge on any atom is -0.325 e. The zero-order chi connectivity index (χ0) is 11.0. The standard InChI is InChI=1S/C10H12N2O2S/c1-6(2)8-9(13)12(10(14)11-8)7-3-4-15-5-7/h3-6,8H,1-2H3,(H,11,14)/t8-/m0/s1. The molecule has 80 valence electrons. The Morgan fingerprint density at radius 1 is 1.47 bits per heavy atom. The number of urea groups is 1. The van der Waals surface area contributed by atoms with Gasteiger partial charge in [0.25, 0.3) is 5.91 Å². The quantitative estimate of drug-likeness (QED) is 0.779. The van der Waals surface area contributed by atoms with E-state index in [9.17, 15) is 9.59 Å².